The van der Waals surface area contributed by atoms with Crippen LogP contribution < -0.4 is 16.2 Å². The van der Waals surface area contributed by atoms with Gasteiger partial charge in [0.05, 0.1) is 23.1 Å². The maximum absolute atomic E-state index is 12.3. The highest BCUT2D eigenvalue weighted by Crippen LogP contribution is 2.18. The first kappa shape index (κ1) is 19.8. The fourth-order valence-electron chi connectivity index (χ4n) is 2.20. The standard InChI is InChI=1S/C19H15N3O6S/c23-16(21-22-18(25)15-6-3-8-27-15)10-28-19(26)13-4-1-2-5-14(13)20-17(24)12-7-9-29-11-12/h1-9,11H,10H2,(H,20,24)(H,21,23)(H,22,25). The molecule has 0 atom stereocenters. The van der Waals surface area contributed by atoms with Crippen LogP contribution in [0.5, 0.6) is 0 Å². The second kappa shape index (κ2) is 9.33. The Labute approximate surface area is 168 Å². The van der Waals surface area contributed by atoms with Crippen molar-refractivity contribution in [2.75, 3.05) is 11.9 Å². The first-order valence-electron chi connectivity index (χ1n) is 8.27. The number of thiophene rings is 1. The number of benzene rings is 1. The number of amides is 3. The summed E-state index contributed by atoms with van der Waals surface area (Å²) in [6.07, 6.45) is 1.31. The summed E-state index contributed by atoms with van der Waals surface area (Å²) in [5, 5.41) is 6.08. The molecule has 2 heterocycles. The van der Waals surface area contributed by atoms with Crippen LogP contribution in [0.25, 0.3) is 0 Å². The first-order valence-corrected chi connectivity index (χ1v) is 9.21. The van der Waals surface area contributed by atoms with Crippen molar-refractivity contribution in [2.24, 2.45) is 0 Å². The fraction of sp³-hybridized carbons (Fsp3) is 0.0526. The van der Waals surface area contributed by atoms with Gasteiger partial charge in [0.2, 0.25) is 0 Å². The predicted octanol–water partition coefficient (Wildman–Crippen LogP) is 2.21. The molecule has 9 nitrogen and oxygen atoms in total. The number of hydrazine groups is 1. The van der Waals surface area contributed by atoms with Crippen LogP contribution in [0, 0.1) is 0 Å². The highest BCUT2D eigenvalue weighted by atomic mass is 32.1. The van der Waals surface area contributed by atoms with Crippen LogP contribution >= 0.6 is 11.3 Å². The third-order valence-corrected chi connectivity index (χ3v) is 4.26. The van der Waals surface area contributed by atoms with Crippen molar-refractivity contribution in [1.29, 1.82) is 0 Å². The zero-order valence-corrected chi connectivity index (χ0v) is 15.7. The van der Waals surface area contributed by atoms with E-state index in [4.69, 9.17) is 9.15 Å². The van der Waals surface area contributed by atoms with E-state index in [1.54, 1.807) is 35.0 Å². The lowest BCUT2D eigenvalue weighted by Gasteiger charge is -2.11. The summed E-state index contributed by atoms with van der Waals surface area (Å²) >= 11 is 1.37. The smallest absolute Gasteiger partial charge is 0.340 e. The van der Waals surface area contributed by atoms with Gasteiger partial charge in [-0.05, 0) is 35.7 Å². The molecule has 0 aliphatic rings. The van der Waals surface area contributed by atoms with Crippen LogP contribution in [0.4, 0.5) is 5.69 Å². The van der Waals surface area contributed by atoms with Crippen molar-refractivity contribution in [1.82, 2.24) is 10.9 Å². The molecular weight excluding hydrogens is 398 g/mol. The van der Waals surface area contributed by atoms with E-state index in [0.29, 0.717) is 5.56 Å². The van der Waals surface area contributed by atoms with Gasteiger partial charge < -0.3 is 14.5 Å². The molecule has 148 valence electrons. The summed E-state index contributed by atoms with van der Waals surface area (Å²) in [6.45, 7) is -0.635. The van der Waals surface area contributed by atoms with E-state index in [2.05, 4.69) is 16.2 Å². The Morgan fingerprint density at radius 2 is 1.79 bits per heavy atom. The molecule has 0 fully saturated rings. The van der Waals surface area contributed by atoms with Crippen molar-refractivity contribution in [3.63, 3.8) is 0 Å². The van der Waals surface area contributed by atoms with Gasteiger partial charge in [-0.1, -0.05) is 12.1 Å². The Bertz CT molecular complexity index is 1010. The molecule has 10 heteroatoms. The van der Waals surface area contributed by atoms with E-state index >= 15 is 0 Å². The lowest BCUT2D eigenvalue weighted by molar-refractivity contribution is -0.125. The molecule has 0 radical (unpaired) electrons. The van der Waals surface area contributed by atoms with Gasteiger partial charge in [0.1, 0.15) is 0 Å². The Morgan fingerprint density at radius 1 is 0.966 bits per heavy atom. The number of hydrogen-bond donors (Lipinski definition) is 3. The highest BCUT2D eigenvalue weighted by Gasteiger charge is 2.17. The molecule has 2 aromatic heterocycles. The predicted molar refractivity (Wildman–Crippen MR) is 103 cm³/mol. The van der Waals surface area contributed by atoms with Crippen LogP contribution in [0.1, 0.15) is 31.3 Å². The van der Waals surface area contributed by atoms with Gasteiger partial charge in [-0.15, -0.1) is 0 Å². The first-order chi connectivity index (χ1) is 14.0. The molecule has 0 spiro atoms. The molecule has 0 aliphatic carbocycles. The highest BCUT2D eigenvalue weighted by molar-refractivity contribution is 7.08. The summed E-state index contributed by atoms with van der Waals surface area (Å²) in [6, 6.07) is 10.8. The SMILES string of the molecule is O=C(COC(=O)c1ccccc1NC(=O)c1ccsc1)NNC(=O)c1ccco1. The Morgan fingerprint density at radius 3 is 2.52 bits per heavy atom. The second-order valence-corrected chi connectivity index (χ2v) is 6.35. The van der Waals surface area contributed by atoms with Crippen LogP contribution in [0.2, 0.25) is 0 Å². The van der Waals surface area contributed by atoms with Crippen LogP contribution in [-0.2, 0) is 9.53 Å². The number of ether oxygens (including phenoxy) is 1. The number of furan rings is 1. The van der Waals surface area contributed by atoms with Crippen LogP contribution in [0.15, 0.2) is 63.9 Å². The molecular formula is C19H15N3O6S. The van der Waals surface area contributed by atoms with Gasteiger partial charge in [-0.2, -0.15) is 11.3 Å². The number of esters is 1. The summed E-state index contributed by atoms with van der Waals surface area (Å²) < 4.78 is 9.82. The van der Waals surface area contributed by atoms with Gasteiger partial charge in [0.25, 0.3) is 11.8 Å². The zero-order valence-electron chi connectivity index (χ0n) is 14.8. The second-order valence-electron chi connectivity index (χ2n) is 5.57. The van der Waals surface area contributed by atoms with Crippen molar-refractivity contribution < 1.29 is 28.3 Å². The van der Waals surface area contributed by atoms with E-state index in [9.17, 15) is 19.2 Å². The van der Waals surface area contributed by atoms with Crippen molar-refractivity contribution in [3.05, 3.63) is 76.4 Å². The van der Waals surface area contributed by atoms with Crippen molar-refractivity contribution in [2.45, 2.75) is 0 Å². The van der Waals surface area contributed by atoms with Crippen LogP contribution in [-0.4, -0.2) is 30.3 Å². The molecule has 3 amide bonds. The van der Waals surface area contributed by atoms with E-state index in [1.165, 1.54) is 35.8 Å². The number of rotatable bonds is 6. The monoisotopic (exact) mass is 413 g/mol. The molecule has 0 bridgehead atoms. The number of hydrogen-bond acceptors (Lipinski definition) is 7. The van der Waals surface area contributed by atoms with Gasteiger partial charge in [-0.3, -0.25) is 25.2 Å². The summed E-state index contributed by atoms with van der Waals surface area (Å²) in [5.41, 5.74) is 5.02. The Balaban J connectivity index is 1.53. The normalized spacial score (nSPS) is 10.1. The molecule has 1 aromatic carbocycles. The maximum Gasteiger partial charge on any atom is 0.340 e. The number of carbonyl (C=O) groups is 4. The summed E-state index contributed by atoms with van der Waals surface area (Å²) in [7, 11) is 0. The van der Waals surface area contributed by atoms with E-state index in [1.807, 2.05) is 0 Å². The topological polar surface area (TPSA) is 127 Å². The molecule has 3 aromatic rings. The Hall–Kier alpha value is -3.92. The fourth-order valence-corrected chi connectivity index (χ4v) is 2.83. The Kier molecular flexibility index (Phi) is 6.38. The average molecular weight is 413 g/mol. The summed E-state index contributed by atoms with van der Waals surface area (Å²) in [5.74, 6) is -2.57. The molecule has 29 heavy (non-hydrogen) atoms. The number of anilines is 1. The quantitative estimate of drug-likeness (QED) is 0.420. The van der Waals surface area contributed by atoms with Gasteiger partial charge in [0, 0.05) is 5.38 Å². The lowest BCUT2D eigenvalue weighted by Crippen LogP contribution is -2.43. The zero-order chi connectivity index (χ0) is 20.6. The minimum absolute atomic E-state index is 0.0117. The maximum atomic E-state index is 12.3. The number of para-hydroxylation sites is 1. The molecule has 0 saturated heterocycles. The van der Waals surface area contributed by atoms with Gasteiger partial charge >= 0.3 is 11.9 Å². The average Bonchev–Trinajstić information content (AvgIpc) is 3.44. The number of nitrogens with one attached hydrogen (secondary N) is 3. The molecule has 3 N–H and O–H groups in total. The minimum atomic E-state index is -0.807. The van der Waals surface area contributed by atoms with E-state index in [0.717, 1.165) is 0 Å². The largest absolute Gasteiger partial charge is 0.459 e. The van der Waals surface area contributed by atoms with E-state index < -0.39 is 24.4 Å². The van der Waals surface area contributed by atoms with E-state index in [-0.39, 0.29) is 22.9 Å². The number of carbonyl (C=O) groups excluding carboxylic acids is 4. The minimum Gasteiger partial charge on any atom is -0.459 e. The molecule has 0 saturated carbocycles. The van der Waals surface area contributed by atoms with Crippen LogP contribution in [0.3, 0.4) is 0 Å². The molecule has 0 unspecified atom stereocenters. The van der Waals surface area contributed by atoms with Crippen molar-refractivity contribution >= 4 is 40.7 Å². The third kappa shape index (κ3) is 5.30. The van der Waals surface area contributed by atoms with Gasteiger partial charge in [-0.25, -0.2) is 4.79 Å². The summed E-state index contributed by atoms with van der Waals surface area (Å²) in [4.78, 5) is 47.9. The van der Waals surface area contributed by atoms with Crippen molar-refractivity contribution in [3.8, 4) is 0 Å². The lowest BCUT2D eigenvalue weighted by atomic mass is 10.1. The molecule has 3 rings (SSSR count). The molecule has 0 aliphatic heterocycles. The third-order valence-electron chi connectivity index (χ3n) is 3.57. The van der Waals surface area contributed by atoms with Gasteiger partial charge in [0.15, 0.2) is 12.4 Å².